The van der Waals surface area contributed by atoms with Gasteiger partial charge in [-0.05, 0) is 44.0 Å². The average molecular weight is 429 g/mol. The van der Waals surface area contributed by atoms with Crippen molar-refractivity contribution in [3.8, 4) is 16.3 Å². The largest absolute Gasteiger partial charge is 0.497 e. The molecule has 2 aromatic heterocycles. The van der Waals surface area contributed by atoms with Gasteiger partial charge < -0.3 is 10.1 Å². The molecular formula is C20H20N4O3S2. The molecule has 0 aliphatic heterocycles. The van der Waals surface area contributed by atoms with E-state index >= 15 is 0 Å². The maximum absolute atomic E-state index is 12.4. The number of amides is 2. The van der Waals surface area contributed by atoms with Crippen LogP contribution in [0.3, 0.4) is 0 Å². The lowest BCUT2D eigenvalue weighted by Crippen LogP contribution is -2.27. The Bertz CT molecular complexity index is 1040. The molecule has 150 valence electrons. The van der Waals surface area contributed by atoms with Gasteiger partial charge >= 0.3 is 0 Å². The Morgan fingerprint density at radius 3 is 2.52 bits per heavy atom. The van der Waals surface area contributed by atoms with Crippen molar-refractivity contribution in [3.05, 3.63) is 40.9 Å². The number of hydrogen-bond acceptors (Lipinski definition) is 7. The van der Waals surface area contributed by atoms with Gasteiger partial charge in [0.05, 0.1) is 23.4 Å². The standard InChI is InChI=1S/C20H20N4O3S2/c1-11-16(15-10-28-19(22-15)23-17(25)12-4-3-5-12)29-20(21-11)24-18(26)13-6-8-14(27-2)9-7-13/h6-10,12H,3-5H2,1-2H3,(H,21,24,26)(H,22,23,25). The van der Waals surface area contributed by atoms with Crippen LogP contribution < -0.4 is 15.4 Å². The van der Waals surface area contributed by atoms with Gasteiger partial charge in [-0.1, -0.05) is 17.8 Å². The highest BCUT2D eigenvalue weighted by molar-refractivity contribution is 7.20. The highest BCUT2D eigenvalue weighted by Crippen LogP contribution is 2.35. The van der Waals surface area contributed by atoms with Gasteiger partial charge in [0.2, 0.25) is 5.91 Å². The van der Waals surface area contributed by atoms with Crippen molar-refractivity contribution in [1.29, 1.82) is 0 Å². The fourth-order valence-electron chi connectivity index (χ4n) is 2.91. The van der Waals surface area contributed by atoms with Gasteiger partial charge in [-0.2, -0.15) is 0 Å². The van der Waals surface area contributed by atoms with Crippen LogP contribution in [0.5, 0.6) is 5.75 Å². The van der Waals surface area contributed by atoms with E-state index in [2.05, 4.69) is 20.6 Å². The number of methoxy groups -OCH3 is 1. The predicted octanol–water partition coefficient (Wildman–Crippen LogP) is 4.57. The topological polar surface area (TPSA) is 93.2 Å². The number of hydrogen-bond donors (Lipinski definition) is 2. The van der Waals surface area contributed by atoms with E-state index in [1.165, 1.54) is 22.7 Å². The zero-order valence-corrected chi connectivity index (χ0v) is 17.7. The third-order valence-corrected chi connectivity index (χ3v) is 6.67. The van der Waals surface area contributed by atoms with E-state index < -0.39 is 0 Å². The Kier molecular flexibility index (Phi) is 5.59. The van der Waals surface area contributed by atoms with Crippen molar-refractivity contribution in [1.82, 2.24) is 9.97 Å². The van der Waals surface area contributed by atoms with Crippen LogP contribution in [0.1, 0.15) is 35.3 Å². The van der Waals surface area contributed by atoms with Crippen LogP contribution in [0.4, 0.5) is 10.3 Å². The summed E-state index contributed by atoms with van der Waals surface area (Å²) >= 11 is 2.75. The number of benzene rings is 1. The van der Waals surface area contributed by atoms with Gasteiger partial charge in [0.25, 0.3) is 5.91 Å². The van der Waals surface area contributed by atoms with Crippen LogP contribution in [-0.2, 0) is 4.79 Å². The second-order valence-corrected chi connectivity index (χ2v) is 8.63. The molecule has 2 heterocycles. The van der Waals surface area contributed by atoms with E-state index in [-0.39, 0.29) is 17.7 Å². The molecule has 1 aliphatic carbocycles. The summed E-state index contributed by atoms with van der Waals surface area (Å²) in [5, 5.41) is 8.72. The molecule has 1 fully saturated rings. The van der Waals surface area contributed by atoms with Gasteiger partial charge in [-0.25, -0.2) is 9.97 Å². The molecule has 1 saturated carbocycles. The Morgan fingerprint density at radius 2 is 1.86 bits per heavy atom. The first-order chi connectivity index (χ1) is 14.0. The highest BCUT2D eigenvalue weighted by Gasteiger charge is 2.26. The number of thiazole rings is 2. The van der Waals surface area contributed by atoms with Crippen molar-refractivity contribution in [2.75, 3.05) is 17.7 Å². The van der Waals surface area contributed by atoms with Gasteiger partial charge in [-0.15, -0.1) is 11.3 Å². The average Bonchev–Trinajstić information content (AvgIpc) is 3.26. The molecule has 7 nitrogen and oxygen atoms in total. The molecule has 4 rings (SSSR count). The van der Waals surface area contributed by atoms with Crippen LogP contribution >= 0.6 is 22.7 Å². The van der Waals surface area contributed by atoms with Gasteiger partial charge in [-0.3, -0.25) is 14.9 Å². The lowest BCUT2D eigenvalue weighted by molar-refractivity contribution is -0.122. The van der Waals surface area contributed by atoms with Crippen molar-refractivity contribution < 1.29 is 14.3 Å². The molecule has 0 saturated heterocycles. The minimum atomic E-state index is -0.236. The summed E-state index contributed by atoms with van der Waals surface area (Å²) in [5.41, 5.74) is 2.05. The Hall–Kier alpha value is -2.78. The quantitative estimate of drug-likeness (QED) is 0.600. The van der Waals surface area contributed by atoms with Crippen LogP contribution in [-0.4, -0.2) is 28.9 Å². The number of nitrogens with zero attached hydrogens (tertiary/aromatic N) is 2. The molecule has 3 aromatic rings. The zero-order chi connectivity index (χ0) is 20.4. The van der Waals surface area contributed by atoms with E-state index in [0.717, 1.165) is 35.5 Å². The monoisotopic (exact) mass is 428 g/mol. The molecular weight excluding hydrogens is 408 g/mol. The molecule has 0 atom stereocenters. The molecule has 0 radical (unpaired) electrons. The Balaban J connectivity index is 1.44. The van der Waals surface area contributed by atoms with E-state index in [1.807, 2.05) is 12.3 Å². The maximum atomic E-state index is 12.4. The smallest absolute Gasteiger partial charge is 0.257 e. The number of aromatic nitrogens is 2. The number of carbonyl (C=O) groups is 2. The SMILES string of the molecule is COc1ccc(C(=O)Nc2nc(C)c(-c3csc(NC(=O)C4CCC4)n3)s2)cc1. The molecule has 0 bridgehead atoms. The summed E-state index contributed by atoms with van der Waals surface area (Å²) in [5.74, 6) is 0.621. The molecule has 0 spiro atoms. The first-order valence-corrected chi connectivity index (χ1v) is 10.9. The summed E-state index contributed by atoms with van der Waals surface area (Å²) in [7, 11) is 1.58. The van der Waals surface area contributed by atoms with E-state index in [0.29, 0.717) is 21.6 Å². The van der Waals surface area contributed by atoms with Gasteiger partial charge in [0.1, 0.15) is 5.75 Å². The van der Waals surface area contributed by atoms with Crippen LogP contribution in [0, 0.1) is 12.8 Å². The normalized spacial score (nSPS) is 13.6. The van der Waals surface area contributed by atoms with E-state index in [1.54, 1.807) is 31.4 Å². The van der Waals surface area contributed by atoms with Gasteiger partial charge in [0.15, 0.2) is 10.3 Å². The molecule has 1 aromatic carbocycles. The lowest BCUT2D eigenvalue weighted by Gasteiger charge is -2.23. The number of nitrogens with one attached hydrogen (secondary N) is 2. The molecule has 0 unspecified atom stereocenters. The molecule has 29 heavy (non-hydrogen) atoms. The fourth-order valence-corrected chi connectivity index (χ4v) is 4.61. The lowest BCUT2D eigenvalue weighted by atomic mass is 9.85. The maximum Gasteiger partial charge on any atom is 0.257 e. The Labute approximate surface area is 176 Å². The van der Waals surface area contributed by atoms with Crippen molar-refractivity contribution in [2.24, 2.45) is 5.92 Å². The Morgan fingerprint density at radius 1 is 1.10 bits per heavy atom. The van der Waals surface area contributed by atoms with Crippen molar-refractivity contribution >= 4 is 44.8 Å². The summed E-state index contributed by atoms with van der Waals surface area (Å²) in [4.78, 5) is 34.4. The first kappa shape index (κ1) is 19.5. The minimum absolute atomic E-state index is 0.0469. The molecule has 2 amide bonds. The summed E-state index contributed by atoms with van der Waals surface area (Å²) < 4.78 is 5.11. The van der Waals surface area contributed by atoms with Gasteiger partial charge in [0, 0.05) is 16.9 Å². The predicted molar refractivity (Wildman–Crippen MR) is 115 cm³/mol. The number of anilines is 2. The second kappa shape index (κ2) is 8.30. The summed E-state index contributed by atoms with van der Waals surface area (Å²) in [6, 6.07) is 6.88. The number of ether oxygens (including phenoxy) is 1. The number of rotatable bonds is 6. The highest BCUT2D eigenvalue weighted by atomic mass is 32.1. The second-order valence-electron chi connectivity index (χ2n) is 6.77. The third kappa shape index (κ3) is 4.30. The summed E-state index contributed by atoms with van der Waals surface area (Å²) in [6.07, 6.45) is 3.02. The van der Waals surface area contributed by atoms with Crippen molar-refractivity contribution in [2.45, 2.75) is 26.2 Å². The van der Waals surface area contributed by atoms with Crippen molar-refractivity contribution in [3.63, 3.8) is 0 Å². The number of aryl methyl sites for hydroxylation is 1. The molecule has 2 N–H and O–H groups in total. The fraction of sp³-hybridized carbons (Fsp3) is 0.300. The van der Waals surface area contributed by atoms with Crippen LogP contribution in [0.25, 0.3) is 10.6 Å². The summed E-state index contributed by atoms with van der Waals surface area (Å²) in [6.45, 7) is 1.88. The van der Waals surface area contributed by atoms with Crippen LogP contribution in [0.2, 0.25) is 0 Å². The minimum Gasteiger partial charge on any atom is -0.497 e. The molecule has 9 heteroatoms. The first-order valence-electron chi connectivity index (χ1n) is 9.23. The molecule has 1 aliphatic rings. The zero-order valence-electron chi connectivity index (χ0n) is 16.0. The van der Waals surface area contributed by atoms with E-state index in [9.17, 15) is 9.59 Å². The van der Waals surface area contributed by atoms with E-state index in [4.69, 9.17) is 4.74 Å². The van der Waals surface area contributed by atoms with Crippen LogP contribution in [0.15, 0.2) is 29.6 Å². The number of carbonyl (C=O) groups excluding carboxylic acids is 2. The third-order valence-electron chi connectivity index (χ3n) is 4.81.